The first-order valence-corrected chi connectivity index (χ1v) is 10.9. The molecule has 27 heavy (non-hydrogen) atoms. The maximum absolute atomic E-state index is 12.8. The Morgan fingerprint density at radius 3 is 2.48 bits per heavy atom. The third-order valence-corrected chi connectivity index (χ3v) is 6.65. The smallest absolute Gasteiger partial charge is 0.164 e. The Bertz CT molecular complexity index is 1060. The average molecular weight is 409 g/mol. The Morgan fingerprint density at radius 1 is 0.963 bits per heavy atom. The summed E-state index contributed by atoms with van der Waals surface area (Å²) in [5.74, 6) is 0.135. The fourth-order valence-corrected chi connectivity index (χ4v) is 5.13. The predicted octanol–water partition coefficient (Wildman–Crippen LogP) is 7.66. The van der Waals surface area contributed by atoms with Gasteiger partial charge in [-0.15, -0.1) is 11.8 Å². The van der Waals surface area contributed by atoms with E-state index in [-0.39, 0.29) is 11.0 Å². The van der Waals surface area contributed by atoms with E-state index < -0.39 is 0 Å². The maximum Gasteiger partial charge on any atom is 0.164 e. The number of carbonyl (C=O) groups is 1. The molecule has 4 aromatic rings. The molecule has 1 heterocycles. The van der Waals surface area contributed by atoms with Gasteiger partial charge in [-0.25, -0.2) is 0 Å². The number of Topliss-reactive ketones (excluding diaryl/α,β-unsaturated/α-hetero) is 1. The van der Waals surface area contributed by atoms with Crippen molar-refractivity contribution in [2.45, 2.75) is 16.6 Å². The Kier molecular flexibility index (Phi) is 5.63. The molecule has 134 valence electrons. The summed E-state index contributed by atoms with van der Waals surface area (Å²) in [6, 6.07) is 24.1. The molecule has 0 fully saturated rings. The van der Waals surface area contributed by atoms with Gasteiger partial charge in [-0.3, -0.25) is 4.79 Å². The highest BCUT2D eigenvalue weighted by Gasteiger charge is 2.19. The maximum atomic E-state index is 12.8. The number of hydrogen-bond acceptors (Lipinski definition) is 3. The highest BCUT2D eigenvalue weighted by molar-refractivity contribution is 7.99. The molecule has 0 radical (unpaired) electrons. The molecule has 3 aromatic carbocycles. The van der Waals surface area contributed by atoms with Crippen LogP contribution in [0.4, 0.5) is 0 Å². The van der Waals surface area contributed by atoms with E-state index in [1.807, 2.05) is 6.07 Å². The monoisotopic (exact) mass is 408 g/mol. The molecule has 0 saturated carbocycles. The number of halogens is 1. The fourth-order valence-electron chi connectivity index (χ4n) is 3.01. The average Bonchev–Trinajstić information content (AvgIpc) is 3.22. The summed E-state index contributed by atoms with van der Waals surface area (Å²) in [5.41, 5.74) is 1.90. The molecule has 0 saturated heterocycles. The lowest BCUT2D eigenvalue weighted by atomic mass is 10.0. The Morgan fingerprint density at radius 2 is 1.74 bits per heavy atom. The number of fused-ring (bicyclic) bond motifs is 1. The number of hydrogen-bond donors (Lipinski definition) is 0. The normalized spacial score (nSPS) is 12.2. The lowest BCUT2D eigenvalue weighted by Gasteiger charge is -2.15. The lowest BCUT2D eigenvalue weighted by molar-refractivity contribution is 0.0982. The van der Waals surface area contributed by atoms with Crippen LogP contribution in [0.25, 0.3) is 10.8 Å². The van der Waals surface area contributed by atoms with Crippen molar-refractivity contribution in [3.8, 4) is 0 Å². The largest absolute Gasteiger partial charge is 0.294 e. The van der Waals surface area contributed by atoms with Gasteiger partial charge in [0.2, 0.25) is 0 Å². The molecule has 1 atom stereocenters. The Labute approximate surface area is 172 Å². The van der Waals surface area contributed by atoms with Gasteiger partial charge in [-0.05, 0) is 69.6 Å². The van der Waals surface area contributed by atoms with Gasteiger partial charge in [0.1, 0.15) is 0 Å². The van der Waals surface area contributed by atoms with Crippen LogP contribution in [0.3, 0.4) is 0 Å². The number of thiophene rings is 1. The van der Waals surface area contributed by atoms with Gasteiger partial charge >= 0.3 is 0 Å². The zero-order valence-electron chi connectivity index (χ0n) is 14.5. The van der Waals surface area contributed by atoms with Crippen LogP contribution in [-0.2, 0) is 0 Å². The van der Waals surface area contributed by atoms with Gasteiger partial charge in [-0.2, -0.15) is 11.3 Å². The molecule has 0 spiro atoms. The van der Waals surface area contributed by atoms with Crippen LogP contribution in [-0.4, -0.2) is 5.78 Å². The van der Waals surface area contributed by atoms with E-state index in [0.717, 1.165) is 0 Å². The summed E-state index contributed by atoms with van der Waals surface area (Å²) >= 11 is 9.36. The number of rotatable bonds is 6. The van der Waals surface area contributed by atoms with Gasteiger partial charge in [0.15, 0.2) is 5.78 Å². The number of thioether (sulfide) groups is 1. The van der Waals surface area contributed by atoms with Crippen molar-refractivity contribution in [2.24, 2.45) is 0 Å². The number of benzene rings is 3. The highest BCUT2D eigenvalue weighted by Crippen LogP contribution is 2.40. The minimum absolute atomic E-state index is 0.0839. The quantitative estimate of drug-likeness (QED) is 0.240. The van der Waals surface area contributed by atoms with Gasteiger partial charge in [0.05, 0.1) is 0 Å². The zero-order valence-corrected chi connectivity index (χ0v) is 16.9. The van der Waals surface area contributed by atoms with E-state index >= 15 is 0 Å². The van der Waals surface area contributed by atoms with Crippen LogP contribution in [0.5, 0.6) is 0 Å². The van der Waals surface area contributed by atoms with Crippen molar-refractivity contribution >= 4 is 51.3 Å². The molecule has 0 amide bonds. The van der Waals surface area contributed by atoms with Crippen LogP contribution >= 0.6 is 34.7 Å². The van der Waals surface area contributed by atoms with Crippen LogP contribution in [0.1, 0.15) is 27.6 Å². The third kappa shape index (κ3) is 4.44. The van der Waals surface area contributed by atoms with Crippen LogP contribution in [0.15, 0.2) is 88.5 Å². The van der Waals surface area contributed by atoms with Crippen molar-refractivity contribution in [2.75, 3.05) is 0 Å². The minimum atomic E-state index is 0.0839. The molecule has 0 aliphatic rings. The lowest BCUT2D eigenvalue weighted by Crippen LogP contribution is -2.04. The molecule has 0 N–H and O–H groups in total. The summed E-state index contributed by atoms with van der Waals surface area (Å²) in [7, 11) is 0. The molecule has 1 nitrogen and oxygen atoms in total. The molecule has 0 bridgehead atoms. The summed E-state index contributed by atoms with van der Waals surface area (Å²) in [6.45, 7) is 0. The van der Waals surface area contributed by atoms with E-state index in [0.29, 0.717) is 17.0 Å². The molecule has 0 aliphatic carbocycles. The van der Waals surface area contributed by atoms with E-state index in [1.165, 1.54) is 21.2 Å². The minimum Gasteiger partial charge on any atom is -0.294 e. The second kappa shape index (κ2) is 8.30. The van der Waals surface area contributed by atoms with Gasteiger partial charge in [0, 0.05) is 27.2 Å². The van der Waals surface area contributed by atoms with E-state index in [4.69, 9.17) is 11.6 Å². The molecule has 0 aliphatic heterocycles. The summed E-state index contributed by atoms with van der Waals surface area (Å²) < 4.78 is 0. The van der Waals surface area contributed by atoms with Gasteiger partial charge < -0.3 is 0 Å². The van der Waals surface area contributed by atoms with Crippen LogP contribution < -0.4 is 0 Å². The highest BCUT2D eigenvalue weighted by atomic mass is 35.5. The topological polar surface area (TPSA) is 17.1 Å². The first-order chi connectivity index (χ1) is 13.2. The van der Waals surface area contributed by atoms with Crippen molar-refractivity contribution in [1.82, 2.24) is 0 Å². The Balaban J connectivity index is 1.59. The van der Waals surface area contributed by atoms with Crippen molar-refractivity contribution in [3.05, 3.63) is 99.7 Å². The molecule has 0 unspecified atom stereocenters. The molecular weight excluding hydrogens is 392 g/mol. The van der Waals surface area contributed by atoms with Gasteiger partial charge in [-0.1, -0.05) is 41.9 Å². The van der Waals surface area contributed by atoms with E-state index in [9.17, 15) is 4.79 Å². The second-order valence-electron chi connectivity index (χ2n) is 6.31. The summed E-state index contributed by atoms with van der Waals surface area (Å²) in [4.78, 5) is 14.0. The summed E-state index contributed by atoms with van der Waals surface area (Å²) in [6.07, 6.45) is 0.454. The zero-order chi connectivity index (χ0) is 18.6. The van der Waals surface area contributed by atoms with Crippen LogP contribution in [0.2, 0.25) is 5.02 Å². The first kappa shape index (κ1) is 18.3. The van der Waals surface area contributed by atoms with Crippen molar-refractivity contribution in [3.63, 3.8) is 0 Å². The van der Waals surface area contributed by atoms with Crippen LogP contribution in [0, 0.1) is 0 Å². The van der Waals surface area contributed by atoms with Crippen molar-refractivity contribution < 1.29 is 4.79 Å². The second-order valence-corrected chi connectivity index (χ2v) is 8.80. The number of carbonyl (C=O) groups excluding carboxylic acids is 1. The molecule has 1 aromatic heterocycles. The van der Waals surface area contributed by atoms with Gasteiger partial charge in [0.25, 0.3) is 0 Å². The van der Waals surface area contributed by atoms with E-state index in [2.05, 4.69) is 53.2 Å². The number of ketones is 1. The predicted molar refractivity (Wildman–Crippen MR) is 117 cm³/mol. The third-order valence-electron chi connectivity index (χ3n) is 4.45. The first-order valence-electron chi connectivity index (χ1n) is 8.65. The van der Waals surface area contributed by atoms with E-state index in [1.54, 1.807) is 47.4 Å². The fraction of sp³-hybridized carbons (Fsp3) is 0.0870. The Hall–Kier alpha value is -2.07. The molecule has 4 heteroatoms. The molecule has 4 rings (SSSR count). The SMILES string of the molecule is O=C(C[C@@H](Sc1ccc2ccccc2c1)c1ccsc1)c1ccc(Cl)cc1. The molecular formula is C23H17ClOS2. The summed E-state index contributed by atoms with van der Waals surface area (Å²) in [5, 5.41) is 7.37. The standard InChI is InChI=1S/C23H17ClOS2/c24-20-8-5-17(6-9-20)22(25)14-23(19-11-12-26-15-19)27-21-10-7-16-3-1-2-4-18(16)13-21/h1-13,15,23H,14H2/t23-/m1/s1. The van der Waals surface area contributed by atoms with Crippen molar-refractivity contribution in [1.29, 1.82) is 0 Å².